The van der Waals surface area contributed by atoms with Crippen molar-refractivity contribution >= 4 is 65.1 Å². The van der Waals surface area contributed by atoms with Crippen molar-refractivity contribution in [3.8, 4) is 0 Å². The van der Waals surface area contributed by atoms with Crippen LogP contribution in [0.2, 0.25) is 0 Å². The molecule has 0 saturated heterocycles. The van der Waals surface area contributed by atoms with E-state index in [-0.39, 0.29) is 12.6 Å². The van der Waals surface area contributed by atoms with Crippen LogP contribution in [0.5, 0.6) is 0 Å². The summed E-state index contributed by atoms with van der Waals surface area (Å²) in [4.78, 5) is 17.2. The maximum absolute atomic E-state index is 10.6. The van der Waals surface area contributed by atoms with Gasteiger partial charge in [-0.3, -0.25) is 4.79 Å². The molecule has 0 spiro atoms. The minimum absolute atomic E-state index is 0.194. The third-order valence-corrected chi connectivity index (χ3v) is 5.04. The number of hydrogen-bond acceptors (Lipinski definition) is 2. The van der Waals surface area contributed by atoms with E-state index >= 15 is 0 Å². The molecule has 0 N–H and O–H groups in total. The lowest BCUT2D eigenvalue weighted by Gasteiger charge is -2.04. The molecular weight excluding hydrogens is 516 g/mol. The Morgan fingerprint density at radius 2 is 1.48 bits per heavy atom. The molecule has 0 radical (unpaired) electrons. The molecule has 25 heavy (non-hydrogen) atoms. The fraction of sp³-hybridized carbons (Fsp3) is 0.167. The second-order valence-corrected chi connectivity index (χ2v) is 6.96. The first-order valence-electron chi connectivity index (χ1n) is 6.92. The van der Waals surface area contributed by atoms with E-state index < -0.39 is 0 Å². The van der Waals surface area contributed by atoms with Gasteiger partial charge in [-0.25, -0.2) is 9.69 Å². The Kier molecular flexibility index (Phi) is 9.44. The number of alkyl halides is 1. The molecule has 128 valence electrons. The summed E-state index contributed by atoms with van der Waals surface area (Å²) in [5.41, 5.74) is 3.13. The first kappa shape index (κ1) is 21.4. The maximum Gasteiger partial charge on any atom is 0.302 e. The number of benzene rings is 2. The van der Waals surface area contributed by atoms with E-state index in [1.54, 1.807) is 24.3 Å². The van der Waals surface area contributed by atoms with Crippen molar-refractivity contribution in [2.24, 2.45) is 0 Å². The van der Waals surface area contributed by atoms with Crippen molar-refractivity contribution in [1.29, 1.82) is 0 Å². The summed E-state index contributed by atoms with van der Waals surface area (Å²) in [5.74, 6) is -0.329. The third-order valence-electron chi connectivity index (χ3n) is 2.89. The van der Waals surface area contributed by atoms with Crippen molar-refractivity contribution in [3.05, 3.63) is 79.3 Å². The van der Waals surface area contributed by atoms with Gasteiger partial charge < -0.3 is 4.74 Å². The summed E-state index contributed by atoms with van der Waals surface area (Å²) in [6.07, 6.45) is 0. The third kappa shape index (κ3) is 7.39. The molecule has 2 aromatic rings. The predicted molar refractivity (Wildman–Crippen MR) is 109 cm³/mol. The van der Waals surface area contributed by atoms with Gasteiger partial charge in [0.05, 0.1) is 13.1 Å². The van der Waals surface area contributed by atoms with Gasteiger partial charge in [0.15, 0.2) is 11.4 Å². The van der Waals surface area contributed by atoms with E-state index in [1.807, 2.05) is 12.1 Å². The molecule has 0 unspecified atom stereocenters. The average Bonchev–Trinajstić information content (AvgIpc) is 2.62. The summed E-state index contributed by atoms with van der Waals surface area (Å²) >= 11 is 10.0. The Balaban J connectivity index is 0.000000257. The van der Waals surface area contributed by atoms with Crippen LogP contribution in [-0.4, -0.2) is 5.97 Å². The number of carbonyl (C=O) groups is 1. The fourth-order valence-corrected chi connectivity index (χ4v) is 3.24. The number of hydrogen-bond donors (Lipinski definition) is 0. The minimum atomic E-state index is -0.329. The molecule has 0 amide bonds. The number of ether oxygens (including phenoxy) is 1. The summed E-state index contributed by atoms with van der Waals surface area (Å²) in [5, 5.41) is 0.775. The smallest absolute Gasteiger partial charge is 0.302 e. The van der Waals surface area contributed by atoms with Crippen molar-refractivity contribution in [1.82, 2.24) is 0 Å². The first-order valence-corrected chi connectivity index (χ1v) is 9.63. The van der Waals surface area contributed by atoms with Crippen molar-refractivity contribution in [2.75, 3.05) is 0 Å². The molecule has 0 fully saturated rings. The second kappa shape index (κ2) is 11.0. The van der Waals surface area contributed by atoms with Gasteiger partial charge >= 0.3 is 5.97 Å². The van der Waals surface area contributed by atoms with E-state index in [2.05, 4.69) is 57.5 Å². The maximum atomic E-state index is 10.6. The molecule has 0 aliphatic heterocycles. The highest BCUT2D eigenvalue weighted by atomic mass is 79.9. The molecule has 0 aliphatic rings. The van der Waals surface area contributed by atoms with Crippen LogP contribution in [0.1, 0.15) is 18.1 Å². The van der Waals surface area contributed by atoms with Crippen LogP contribution < -0.4 is 0 Å². The zero-order valence-corrected chi connectivity index (χ0v) is 18.0. The molecule has 0 heterocycles. The number of halogens is 3. The number of rotatable bonds is 3. The molecule has 7 heteroatoms. The van der Waals surface area contributed by atoms with Gasteiger partial charge in [0, 0.05) is 21.2 Å². The van der Waals surface area contributed by atoms with Crippen LogP contribution in [-0.2, 0) is 21.5 Å². The molecule has 2 rings (SSSR count). The predicted octanol–water partition coefficient (Wildman–Crippen LogP) is 6.96. The average molecular weight is 529 g/mol. The van der Waals surface area contributed by atoms with Crippen molar-refractivity contribution in [3.63, 3.8) is 0 Å². The normalized spacial score (nSPS) is 9.20. The number of nitrogens with zero attached hydrogens (tertiary/aromatic N) is 2. The van der Waals surface area contributed by atoms with E-state index in [4.69, 9.17) is 17.9 Å². The zero-order valence-electron chi connectivity index (χ0n) is 13.2. The first-order chi connectivity index (χ1) is 11.9. The highest BCUT2D eigenvalue weighted by molar-refractivity contribution is 9.11. The molecule has 0 atom stereocenters. The lowest BCUT2D eigenvalue weighted by atomic mass is 10.2. The van der Waals surface area contributed by atoms with Crippen LogP contribution in [0.4, 0.5) is 11.4 Å². The van der Waals surface area contributed by atoms with Gasteiger partial charge in [-0.15, -0.1) is 0 Å². The minimum Gasteiger partial charge on any atom is -0.461 e. The highest BCUT2D eigenvalue weighted by Gasteiger charge is 2.03. The number of carbonyl (C=O) groups excluding carboxylic acids is 1. The summed E-state index contributed by atoms with van der Waals surface area (Å²) < 4.78 is 6.72. The largest absolute Gasteiger partial charge is 0.461 e. The molecule has 0 aliphatic carbocycles. The van der Waals surface area contributed by atoms with E-state index in [9.17, 15) is 4.79 Å². The van der Waals surface area contributed by atoms with Gasteiger partial charge in [-0.1, -0.05) is 78.1 Å². The van der Waals surface area contributed by atoms with Crippen LogP contribution in [0.15, 0.2) is 45.3 Å². The molecule has 0 aromatic heterocycles. The lowest BCUT2D eigenvalue weighted by Crippen LogP contribution is -1.99. The molecule has 0 bridgehead atoms. The van der Waals surface area contributed by atoms with E-state index in [1.165, 1.54) is 6.92 Å². The number of esters is 1. The molecular formula is C18H13Br3N2O2. The fourth-order valence-electron chi connectivity index (χ4n) is 1.65. The quantitative estimate of drug-likeness (QED) is 0.245. The highest BCUT2D eigenvalue weighted by Crippen LogP contribution is 2.25. The van der Waals surface area contributed by atoms with Gasteiger partial charge in [0.25, 0.3) is 0 Å². The van der Waals surface area contributed by atoms with Crippen LogP contribution >= 0.6 is 47.8 Å². The van der Waals surface area contributed by atoms with E-state index in [0.29, 0.717) is 11.4 Å². The Bertz CT molecular complexity index is 839. The van der Waals surface area contributed by atoms with Gasteiger partial charge in [-0.05, 0) is 17.2 Å². The Hall–Kier alpha value is -1.67. The standard InChI is InChI=1S/C10H8BrNO2.C8H5Br2N/c1-7(13)14-6-8-5-9(12-2)3-4-10(8)11;1-11-7-2-3-8(10)6(4-7)5-9/h3-5H,6H2,1H3;2-4H,5H2. The zero-order chi connectivity index (χ0) is 18.8. The van der Waals surface area contributed by atoms with Crippen molar-refractivity contribution in [2.45, 2.75) is 18.9 Å². The van der Waals surface area contributed by atoms with Crippen LogP contribution in [0.3, 0.4) is 0 Å². The monoisotopic (exact) mass is 526 g/mol. The topological polar surface area (TPSA) is 35.0 Å². The Labute approximate surface area is 172 Å². The van der Waals surface area contributed by atoms with Gasteiger partial charge in [0.2, 0.25) is 0 Å². The second-order valence-electron chi connectivity index (χ2n) is 4.69. The molecule has 0 saturated carbocycles. The van der Waals surface area contributed by atoms with Gasteiger partial charge in [-0.2, -0.15) is 0 Å². The van der Waals surface area contributed by atoms with Crippen LogP contribution in [0.25, 0.3) is 9.69 Å². The van der Waals surface area contributed by atoms with Gasteiger partial charge in [0.1, 0.15) is 6.61 Å². The van der Waals surface area contributed by atoms with Crippen LogP contribution in [0, 0.1) is 13.1 Å². The summed E-state index contributed by atoms with van der Waals surface area (Å²) in [7, 11) is 0. The van der Waals surface area contributed by atoms with E-state index in [0.717, 1.165) is 25.4 Å². The lowest BCUT2D eigenvalue weighted by molar-refractivity contribution is -0.142. The summed E-state index contributed by atoms with van der Waals surface area (Å²) in [6.45, 7) is 15.2. The molecule has 4 nitrogen and oxygen atoms in total. The Morgan fingerprint density at radius 1 is 1.00 bits per heavy atom. The molecule has 2 aromatic carbocycles. The summed E-state index contributed by atoms with van der Waals surface area (Å²) in [6, 6.07) is 10.7. The Morgan fingerprint density at radius 3 is 1.92 bits per heavy atom. The SMILES string of the molecule is [C-]#[N+]c1ccc(Br)c(CBr)c1.[C-]#[N+]c1ccc(Br)c(COC(C)=O)c1. The van der Waals surface area contributed by atoms with Crippen molar-refractivity contribution < 1.29 is 9.53 Å².